The average Bonchev–Trinajstić information content (AvgIpc) is 2.91. The molecular weight excluding hydrogens is 364 g/mol. The molecule has 0 bridgehead atoms. The molecule has 1 aromatic carbocycles. The molecule has 1 aromatic rings. The summed E-state index contributed by atoms with van der Waals surface area (Å²) in [5.41, 5.74) is 2.74. The lowest BCUT2D eigenvalue weighted by Gasteiger charge is -2.32. The van der Waals surface area contributed by atoms with E-state index in [9.17, 15) is 9.59 Å². The van der Waals surface area contributed by atoms with Crippen LogP contribution in [0.4, 0.5) is 16.2 Å². The van der Waals surface area contributed by atoms with E-state index in [1.807, 2.05) is 44.7 Å². The number of benzene rings is 1. The summed E-state index contributed by atoms with van der Waals surface area (Å²) in [4.78, 5) is 28.6. The van der Waals surface area contributed by atoms with Gasteiger partial charge in [0.2, 0.25) is 5.91 Å². The lowest BCUT2D eigenvalue weighted by Crippen LogP contribution is -3.00. The Morgan fingerprint density at radius 2 is 1.89 bits per heavy atom. The molecule has 2 N–H and O–H groups in total. The zero-order valence-electron chi connectivity index (χ0n) is 17.2. The van der Waals surface area contributed by atoms with Crippen LogP contribution in [-0.2, 0) is 4.79 Å². The van der Waals surface area contributed by atoms with Crippen molar-refractivity contribution in [3.8, 4) is 0 Å². The number of nitrogens with one attached hydrogen (secondary N) is 2. The van der Waals surface area contributed by atoms with Crippen molar-refractivity contribution in [3.05, 3.63) is 23.8 Å². The maximum absolute atomic E-state index is 12.4. The molecule has 0 aromatic heterocycles. The van der Waals surface area contributed by atoms with Crippen molar-refractivity contribution in [2.24, 2.45) is 0 Å². The third-order valence-electron chi connectivity index (χ3n) is 4.86. The Bertz CT molecular complexity index is 668. The molecule has 27 heavy (non-hydrogen) atoms. The van der Waals surface area contributed by atoms with Crippen LogP contribution in [0.15, 0.2) is 18.2 Å². The molecule has 1 fully saturated rings. The van der Waals surface area contributed by atoms with Crippen LogP contribution >= 0.6 is 0 Å². The Labute approximate surface area is 169 Å². The molecule has 7 heteroatoms. The number of hydrogen-bond acceptors (Lipinski definition) is 3. The minimum atomic E-state index is -0.266. The van der Waals surface area contributed by atoms with Crippen molar-refractivity contribution in [1.29, 1.82) is 0 Å². The van der Waals surface area contributed by atoms with E-state index < -0.39 is 0 Å². The number of halogens is 1. The van der Waals surface area contributed by atoms with Gasteiger partial charge in [-0.05, 0) is 65.3 Å². The Morgan fingerprint density at radius 1 is 1.26 bits per heavy atom. The molecule has 1 heterocycles. The highest BCUT2D eigenvalue weighted by Gasteiger charge is 2.36. The van der Waals surface area contributed by atoms with Gasteiger partial charge in [0, 0.05) is 43.0 Å². The average molecular weight is 396 g/mol. The maximum atomic E-state index is 12.4. The van der Waals surface area contributed by atoms with Crippen LogP contribution in [0.5, 0.6) is 0 Å². The van der Waals surface area contributed by atoms with Gasteiger partial charge in [-0.25, -0.2) is 4.79 Å². The van der Waals surface area contributed by atoms with E-state index in [-0.39, 0.29) is 35.9 Å². The largest absolute Gasteiger partial charge is 1.00 e. The number of likely N-dealkylation sites (tertiary alicyclic amines) is 1. The number of hydrogen-bond donors (Lipinski definition) is 2. The second-order valence-corrected chi connectivity index (χ2v) is 7.85. The molecule has 6 nitrogen and oxygen atoms in total. The van der Waals surface area contributed by atoms with Crippen molar-refractivity contribution in [1.82, 2.24) is 10.2 Å². The van der Waals surface area contributed by atoms with Gasteiger partial charge in [-0.3, -0.25) is 4.79 Å². The summed E-state index contributed by atoms with van der Waals surface area (Å²) >= 11 is 0. The molecule has 3 amide bonds. The molecule has 0 spiro atoms. The minimum absolute atomic E-state index is 0. The smallest absolute Gasteiger partial charge is 0.319 e. The van der Waals surface area contributed by atoms with Crippen LogP contribution in [0, 0.1) is 6.92 Å². The summed E-state index contributed by atoms with van der Waals surface area (Å²) < 4.78 is 0. The maximum Gasteiger partial charge on any atom is 0.319 e. The van der Waals surface area contributed by atoms with Gasteiger partial charge in [-0.1, -0.05) is 0 Å². The first-order chi connectivity index (χ1) is 12.2. The van der Waals surface area contributed by atoms with Crippen molar-refractivity contribution < 1.29 is 22.0 Å². The van der Waals surface area contributed by atoms with E-state index in [0.717, 1.165) is 30.0 Å². The van der Waals surface area contributed by atoms with E-state index in [4.69, 9.17) is 0 Å². The van der Waals surface area contributed by atoms with Crippen molar-refractivity contribution in [2.45, 2.75) is 59.5 Å². The van der Waals surface area contributed by atoms with E-state index in [1.54, 1.807) is 0 Å². The highest BCUT2D eigenvalue weighted by molar-refractivity contribution is 5.91. The number of nitrogens with zero attached hydrogens (tertiary/aromatic N) is 2. The highest BCUT2D eigenvalue weighted by Crippen LogP contribution is 2.24. The summed E-state index contributed by atoms with van der Waals surface area (Å²) in [6, 6.07) is 5.62. The fraction of sp³-hybridized carbons (Fsp3) is 0.600. The first-order valence-electron chi connectivity index (χ1n) is 9.39. The van der Waals surface area contributed by atoms with E-state index >= 15 is 0 Å². The predicted molar refractivity (Wildman–Crippen MR) is 107 cm³/mol. The summed E-state index contributed by atoms with van der Waals surface area (Å²) in [6.07, 6.45) is 0.352. The SMILES string of the molecule is CCN(CC)c1ccc(NC(=O)NC2CC(=O)N(C(C)(C)C)C2)c(C)c1.[Cl-]. The van der Waals surface area contributed by atoms with Gasteiger partial charge in [0.05, 0.1) is 6.04 Å². The van der Waals surface area contributed by atoms with Crippen molar-refractivity contribution in [2.75, 3.05) is 29.9 Å². The molecular formula is C20H32ClN4O2-. The lowest BCUT2D eigenvalue weighted by atomic mass is 10.1. The molecule has 1 atom stereocenters. The summed E-state index contributed by atoms with van der Waals surface area (Å²) in [5.74, 6) is 0.0857. The first kappa shape index (κ1) is 23.1. The second-order valence-electron chi connectivity index (χ2n) is 7.85. The minimum Gasteiger partial charge on any atom is -1.00 e. The van der Waals surface area contributed by atoms with E-state index in [0.29, 0.717) is 13.0 Å². The van der Waals surface area contributed by atoms with Crippen LogP contribution < -0.4 is 27.9 Å². The van der Waals surface area contributed by atoms with Crippen LogP contribution in [0.3, 0.4) is 0 Å². The zero-order valence-corrected chi connectivity index (χ0v) is 18.0. The molecule has 0 radical (unpaired) electrons. The third kappa shape index (κ3) is 5.76. The number of anilines is 2. The highest BCUT2D eigenvalue weighted by atomic mass is 35.5. The lowest BCUT2D eigenvalue weighted by molar-refractivity contribution is -0.131. The van der Waals surface area contributed by atoms with Gasteiger partial charge < -0.3 is 32.8 Å². The number of rotatable bonds is 5. The molecule has 0 saturated carbocycles. The predicted octanol–water partition coefficient (Wildman–Crippen LogP) is 0.366. The van der Waals surface area contributed by atoms with Crippen LogP contribution in [0.25, 0.3) is 0 Å². The Hall–Kier alpha value is -1.95. The summed E-state index contributed by atoms with van der Waals surface area (Å²) in [7, 11) is 0. The number of carbonyl (C=O) groups excluding carboxylic acids is 2. The Balaban J connectivity index is 0.00000364. The monoisotopic (exact) mass is 395 g/mol. The fourth-order valence-corrected chi connectivity index (χ4v) is 3.37. The standard InChI is InChI=1S/C20H32N4O2.ClH/c1-7-23(8-2)16-9-10-17(14(3)11-16)22-19(26)21-15-12-18(25)24(13-15)20(4,5)6;/h9-11,15H,7-8,12-13H2,1-6H3,(H2,21,22,26);1H/p-1. The van der Waals surface area contributed by atoms with E-state index in [2.05, 4.69) is 35.4 Å². The fourth-order valence-electron chi connectivity index (χ4n) is 3.37. The molecule has 0 aliphatic carbocycles. The number of amides is 3. The number of urea groups is 1. The molecule has 1 aliphatic heterocycles. The van der Waals surface area contributed by atoms with Gasteiger partial charge >= 0.3 is 6.03 Å². The van der Waals surface area contributed by atoms with Crippen molar-refractivity contribution in [3.63, 3.8) is 0 Å². The molecule has 1 aliphatic rings. The Morgan fingerprint density at radius 3 is 2.37 bits per heavy atom. The second kappa shape index (κ2) is 9.31. The summed E-state index contributed by atoms with van der Waals surface area (Å²) in [5, 5.41) is 5.83. The molecule has 1 saturated heterocycles. The number of carbonyl (C=O) groups is 2. The number of aryl methyl sites for hydroxylation is 1. The molecule has 152 valence electrons. The van der Waals surface area contributed by atoms with Crippen LogP contribution in [0.2, 0.25) is 0 Å². The Kier molecular flexibility index (Phi) is 7.96. The summed E-state index contributed by atoms with van der Waals surface area (Å²) in [6.45, 7) is 14.7. The first-order valence-corrected chi connectivity index (χ1v) is 9.39. The van der Waals surface area contributed by atoms with Crippen molar-refractivity contribution >= 4 is 23.3 Å². The topological polar surface area (TPSA) is 64.7 Å². The zero-order chi connectivity index (χ0) is 19.5. The van der Waals surface area contributed by atoms with Crippen LogP contribution in [0.1, 0.15) is 46.6 Å². The van der Waals surface area contributed by atoms with Gasteiger partial charge in [0.15, 0.2) is 0 Å². The van der Waals surface area contributed by atoms with Gasteiger partial charge in [0.1, 0.15) is 0 Å². The normalized spacial score (nSPS) is 16.7. The van der Waals surface area contributed by atoms with Gasteiger partial charge in [-0.15, -0.1) is 0 Å². The third-order valence-corrected chi connectivity index (χ3v) is 4.86. The van der Waals surface area contributed by atoms with Crippen LogP contribution in [-0.4, -0.2) is 48.1 Å². The quantitative estimate of drug-likeness (QED) is 0.757. The van der Waals surface area contributed by atoms with E-state index in [1.165, 1.54) is 0 Å². The van der Waals surface area contributed by atoms with Gasteiger partial charge in [-0.2, -0.15) is 0 Å². The van der Waals surface area contributed by atoms with Gasteiger partial charge in [0.25, 0.3) is 0 Å². The molecule has 2 rings (SSSR count). The molecule has 1 unspecified atom stereocenters.